The van der Waals surface area contributed by atoms with E-state index in [9.17, 15) is 0 Å². The Morgan fingerprint density at radius 2 is 2.14 bits per heavy atom. The third-order valence-electron chi connectivity index (χ3n) is 4.20. The van der Waals surface area contributed by atoms with Gasteiger partial charge < -0.3 is 10.1 Å². The maximum atomic E-state index is 5.99. The maximum Gasteiger partial charge on any atom is 0.123 e. The Hall–Kier alpha value is -0.540. The number of nitrogens with one attached hydrogen (secondary N) is 1. The summed E-state index contributed by atoms with van der Waals surface area (Å²) in [6.45, 7) is 8.98. The quantitative estimate of drug-likeness (QED) is 0.667. The zero-order valence-electron chi connectivity index (χ0n) is 13.5. The lowest BCUT2D eigenvalue weighted by Gasteiger charge is -2.26. The monoisotopic (exact) mass is 353 g/mol. The summed E-state index contributed by atoms with van der Waals surface area (Å²) in [6, 6.07) is 6.28. The van der Waals surface area contributed by atoms with Crippen LogP contribution in [0, 0.1) is 5.41 Å². The molecule has 0 aromatic heterocycles. The van der Waals surface area contributed by atoms with E-state index in [1.165, 1.54) is 31.2 Å². The summed E-state index contributed by atoms with van der Waals surface area (Å²) < 4.78 is 7.13. The molecule has 0 amide bonds. The molecule has 0 spiro atoms. The molecule has 2 nitrogen and oxygen atoms in total. The third-order valence-corrected chi connectivity index (χ3v) is 4.69. The van der Waals surface area contributed by atoms with Crippen molar-refractivity contribution in [3.05, 3.63) is 28.2 Å². The van der Waals surface area contributed by atoms with Crippen LogP contribution >= 0.6 is 15.9 Å². The van der Waals surface area contributed by atoms with Crippen molar-refractivity contribution in [1.29, 1.82) is 0 Å². The van der Waals surface area contributed by atoms with Gasteiger partial charge in [-0.05, 0) is 35.6 Å². The van der Waals surface area contributed by atoms with E-state index in [-0.39, 0.29) is 6.10 Å². The van der Waals surface area contributed by atoms with E-state index in [0.29, 0.717) is 5.41 Å². The molecule has 0 bridgehead atoms. The molecule has 1 N–H and O–H groups in total. The van der Waals surface area contributed by atoms with E-state index in [0.717, 1.165) is 29.7 Å². The van der Waals surface area contributed by atoms with E-state index in [4.69, 9.17) is 4.74 Å². The van der Waals surface area contributed by atoms with Gasteiger partial charge in [-0.2, -0.15) is 0 Å². The minimum absolute atomic E-state index is 0.278. The number of benzene rings is 1. The molecule has 0 saturated carbocycles. The van der Waals surface area contributed by atoms with Gasteiger partial charge in [-0.25, -0.2) is 0 Å². The number of hydrogen-bond acceptors (Lipinski definition) is 2. The molecule has 2 rings (SSSR count). The second-order valence-electron chi connectivity index (χ2n) is 6.95. The van der Waals surface area contributed by atoms with Crippen molar-refractivity contribution in [3.8, 4) is 5.75 Å². The Balaban J connectivity index is 1.71. The molecule has 1 aliphatic rings. The van der Waals surface area contributed by atoms with Crippen LogP contribution in [-0.2, 0) is 6.42 Å². The number of hydrogen-bond donors (Lipinski definition) is 1. The first-order chi connectivity index (χ1) is 10.00. The van der Waals surface area contributed by atoms with Crippen molar-refractivity contribution >= 4 is 15.9 Å². The van der Waals surface area contributed by atoms with Crippen molar-refractivity contribution in [1.82, 2.24) is 5.32 Å². The van der Waals surface area contributed by atoms with Gasteiger partial charge in [0.1, 0.15) is 11.9 Å². The normalized spacial score (nSPS) is 17.6. The fourth-order valence-electron chi connectivity index (χ4n) is 2.92. The summed E-state index contributed by atoms with van der Waals surface area (Å²) in [6.07, 6.45) is 6.57. The summed E-state index contributed by atoms with van der Waals surface area (Å²) >= 11 is 3.52. The minimum Gasteiger partial charge on any atom is -0.488 e. The number of halogens is 1. The summed E-state index contributed by atoms with van der Waals surface area (Å²) in [7, 11) is 0. The van der Waals surface area contributed by atoms with Gasteiger partial charge in [0, 0.05) is 24.0 Å². The molecule has 1 unspecified atom stereocenters. The molecule has 0 fully saturated rings. The Bertz CT molecular complexity index is 459. The predicted molar refractivity (Wildman–Crippen MR) is 93.1 cm³/mol. The second-order valence-corrected chi connectivity index (χ2v) is 7.86. The molecule has 1 aliphatic heterocycles. The van der Waals surface area contributed by atoms with E-state index in [1.807, 2.05) is 6.07 Å². The Morgan fingerprint density at radius 1 is 1.33 bits per heavy atom. The van der Waals surface area contributed by atoms with Crippen LogP contribution in [0.3, 0.4) is 0 Å². The predicted octanol–water partition coefficient (Wildman–Crippen LogP) is 4.95. The van der Waals surface area contributed by atoms with Gasteiger partial charge >= 0.3 is 0 Å². The number of ether oxygens (including phenoxy) is 1. The van der Waals surface area contributed by atoms with E-state index in [2.05, 4.69) is 54.2 Å². The van der Waals surface area contributed by atoms with Gasteiger partial charge in [0.2, 0.25) is 0 Å². The zero-order chi connectivity index (χ0) is 15.3. The average Bonchev–Trinajstić information content (AvgIpc) is 2.80. The summed E-state index contributed by atoms with van der Waals surface area (Å²) in [4.78, 5) is 0. The van der Waals surface area contributed by atoms with Crippen LogP contribution in [0.15, 0.2) is 22.7 Å². The van der Waals surface area contributed by atoms with Crippen molar-refractivity contribution in [2.24, 2.45) is 5.41 Å². The van der Waals surface area contributed by atoms with Crippen molar-refractivity contribution in [2.45, 2.75) is 59.0 Å². The van der Waals surface area contributed by atoms with E-state index >= 15 is 0 Å². The lowest BCUT2D eigenvalue weighted by molar-refractivity contribution is 0.213. The lowest BCUT2D eigenvalue weighted by Crippen LogP contribution is -2.36. The number of rotatable bonds is 8. The van der Waals surface area contributed by atoms with Gasteiger partial charge in [0.25, 0.3) is 0 Å². The van der Waals surface area contributed by atoms with Crippen molar-refractivity contribution < 1.29 is 4.74 Å². The molecule has 1 atom stereocenters. The molecule has 118 valence electrons. The van der Waals surface area contributed by atoms with Crippen LogP contribution in [0.5, 0.6) is 5.75 Å². The molecule has 21 heavy (non-hydrogen) atoms. The Kier molecular flexibility index (Phi) is 6.12. The minimum atomic E-state index is 0.278. The van der Waals surface area contributed by atoms with Crippen LogP contribution in [0.25, 0.3) is 0 Å². The molecule has 1 heterocycles. The first-order valence-corrected chi connectivity index (χ1v) is 8.95. The van der Waals surface area contributed by atoms with Crippen LogP contribution < -0.4 is 10.1 Å². The number of unbranched alkanes of at least 4 members (excludes halogenated alkanes) is 2. The summed E-state index contributed by atoms with van der Waals surface area (Å²) in [5.41, 5.74) is 1.70. The SMILES string of the molecule is CCCCCC(C)(C)CNCC1Cc2cc(Br)ccc2O1. The van der Waals surface area contributed by atoms with E-state index < -0.39 is 0 Å². The molecule has 1 aromatic carbocycles. The molecule has 3 heteroatoms. The van der Waals surface area contributed by atoms with E-state index in [1.54, 1.807) is 0 Å². The highest BCUT2D eigenvalue weighted by atomic mass is 79.9. The second kappa shape index (κ2) is 7.64. The highest BCUT2D eigenvalue weighted by molar-refractivity contribution is 9.10. The van der Waals surface area contributed by atoms with Gasteiger partial charge in [0.15, 0.2) is 0 Å². The fraction of sp³-hybridized carbons (Fsp3) is 0.667. The Labute approximate surface area is 137 Å². The standard InChI is InChI=1S/C18H28BrNO/c1-4-5-6-9-18(2,3)13-20-12-16-11-14-10-15(19)7-8-17(14)21-16/h7-8,10,16,20H,4-6,9,11-13H2,1-3H3. The molecular weight excluding hydrogens is 326 g/mol. The van der Waals surface area contributed by atoms with Crippen molar-refractivity contribution in [2.75, 3.05) is 13.1 Å². The topological polar surface area (TPSA) is 21.3 Å². The van der Waals surface area contributed by atoms with Crippen molar-refractivity contribution in [3.63, 3.8) is 0 Å². The maximum absolute atomic E-state index is 5.99. The van der Waals surface area contributed by atoms with Crippen LogP contribution in [0.4, 0.5) is 0 Å². The fourth-order valence-corrected chi connectivity index (χ4v) is 3.32. The number of fused-ring (bicyclic) bond motifs is 1. The van der Waals surface area contributed by atoms with Gasteiger partial charge in [-0.1, -0.05) is 56.0 Å². The van der Waals surface area contributed by atoms with Crippen LogP contribution in [-0.4, -0.2) is 19.2 Å². The first-order valence-electron chi connectivity index (χ1n) is 8.16. The molecule has 0 aliphatic carbocycles. The van der Waals surface area contributed by atoms with Gasteiger partial charge in [-0.15, -0.1) is 0 Å². The highest BCUT2D eigenvalue weighted by Crippen LogP contribution is 2.31. The zero-order valence-corrected chi connectivity index (χ0v) is 15.1. The largest absolute Gasteiger partial charge is 0.488 e. The van der Waals surface area contributed by atoms with Crippen LogP contribution in [0.1, 0.15) is 52.0 Å². The van der Waals surface area contributed by atoms with Gasteiger partial charge in [0.05, 0.1) is 0 Å². The summed E-state index contributed by atoms with van der Waals surface area (Å²) in [5.74, 6) is 1.05. The molecular formula is C18H28BrNO. The lowest BCUT2D eigenvalue weighted by atomic mass is 9.87. The first kappa shape index (κ1) is 16.8. The third kappa shape index (κ3) is 5.30. The molecule has 1 aromatic rings. The average molecular weight is 354 g/mol. The Morgan fingerprint density at radius 3 is 2.90 bits per heavy atom. The molecule has 0 saturated heterocycles. The smallest absolute Gasteiger partial charge is 0.123 e. The molecule has 0 radical (unpaired) electrons. The highest BCUT2D eigenvalue weighted by Gasteiger charge is 2.24. The van der Waals surface area contributed by atoms with Crippen LogP contribution in [0.2, 0.25) is 0 Å². The summed E-state index contributed by atoms with van der Waals surface area (Å²) in [5, 5.41) is 3.61. The van der Waals surface area contributed by atoms with Gasteiger partial charge in [-0.3, -0.25) is 0 Å².